The van der Waals surface area contributed by atoms with Crippen molar-refractivity contribution >= 4 is 5.97 Å². The molecule has 0 radical (unpaired) electrons. The highest BCUT2D eigenvalue weighted by Gasteiger charge is 2.07. The Morgan fingerprint density at radius 1 is 0.733 bits per heavy atom. The van der Waals surface area contributed by atoms with Crippen LogP contribution in [0.3, 0.4) is 0 Å². The highest BCUT2D eigenvalue weighted by molar-refractivity contribution is 5.69. The molecule has 0 bridgehead atoms. The lowest BCUT2D eigenvalue weighted by Crippen LogP contribution is -2.04. The van der Waals surface area contributed by atoms with E-state index in [1.54, 1.807) is 0 Å². The molecule has 0 atom stereocenters. The molecule has 0 saturated carbocycles. The Labute approximate surface area is 178 Å². The third kappa shape index (κ3) is 7.28. The number of carbonyl (C=O) groups is 1. The third-order valence-corrected chi connectivity index (χ3v) is 4.59. The molecule has 156 valence electrons. The van der Waals surface area contributed by atoms with Crippen LogP contribution in [0.15, 0.2) is 78.9 Å². The normalized spacial score (nSPS) is 10.4. The molecule has 0 spiro atoms. The van der Waals surface area contributed by atoms with Crippen LogP contribution in [-0.4, -0.2) is 12.6 Å². The van der Waals surface area contributed by atoms with Crippen LogP contribution >= 0.6 is 0 Å². The lowest BCUT2D eigenvalue weighted by molar-refractivity contribution is -0.143. The van der Waals surface area contributed by atoms with Gasteiger partial charge in [-0.25, -0.2) is 0 Å². The molecular formula is C26H28O4. The molecule has 3 aromatic carbocycles. The molecule has 0 aliphatic carbocycles. The highest BCUT2D eigenvalue weighted by Crippen LogP contribution is 2.26. The number of esters is 1. The molecule has 3 aromatic rings. The summed E-state index contributed by atoms with van der Waals surface area (Å²) in [4.78, 5) is 11.6. The molecule has 4 nitrogen and oxygen atoms in total. The van der Waals surface area contributed by atoms with Gasteiger partial charge in [-0.15, -0.1) is 0 Å². The van der Waals surface area contributed by atoms with Crippen molar-refractivity contribution in [1.82, 2.24) is 0 Å². The summed E-state index contributed by atoms with van der Waals surface area (Å²) in [6.07, 6.45) is 1.88. The Morgan fingerprint density at radius 2 is 1.27 bits per heavy atom. The Morgan fingerprint density at radius 3 is 1.77 bits per heavy atom. The average Bonchev–Trinajstić information content (AvgIpc) is 2.78. The third-order valence-electron chi connectivity index (χ3n) is 4.59. The summed E-state index contributed by atoms with van der Waals surface area (Å²) in [5.74, 6) is 1.36. The van der Waals surface area contributed by atoms with E-state index in [1.165, 1.54) is 0 Å². The molecule has 4 heteroatoms. The molecule has 3 rings (SSSR count). The number of benzene rings is 3. The number of aryl methyl sites for hydroxylation is 1. The molecule has 0 saturated heterocycles. The van der Waals surface area contributed by atoms with Gasteiger partial charge >= 0.3 is 5.97 Å². The van der Waals surface area contributed by atoms with E-state index in [1.807, 2.05) is 85.8 Å². The minimum atomic E-state index is -0.158. The zero-order chi connectivity index (χ0) is 21.0. The van der Waals surface area contributed by atoms with Gasteiger partial charge in [0.15, 0.2) is 0 Å². The molecule has 0 heterocycles. The van der Waals surface area contributed by atoms with Gasteiger partial charge in [0.25, 0.3) is 0 Å². The van der Waals surface area contributed by atoms with Gasteiger partial charge in [0.1, 0.15) is 24.7 Å². The molecule has 0 aliphatic heterocycles. The Kier molecular flexibility index (Phi) is 8.34. The minimum absolute atomic E-state index is 0.158. The van der Waals surface area contributed by atoms with Crippen LogP contribution in [0.1, 0.15) is 36.5 Å². The lowest BCUT2D eigenvalue weighted by atomic mass is 10.1. The van der Waals surface area contributed by atoms with Gasteiger partial charge in [0, 0.05) is 12.5 Å². The van der Waals surface area contributed by atoms with E-state index in [-0.39, 0.29) is 5.97 Å². The number of hydrogen-bond donors (Lipinski definition) is 0. The quantitative estimate of drug-likeness (QED) is 0.383. The molecule has 0 N–H and O–H groups in total. The maximum Gasteiger partial charge on any atom is 0.305 e. The zero-order valence-electron chi connectivity index (χ0n) is 17.4. The predicted octanol–water partition coefficient (Wildman–Crippen LogP) is 5.73. The summed E-state index contributed by atoms with van der Waals surface area (Å²) in [5.41, 5.74) is 3.29. The number of rotatable bonds is 11. The Bertz CT molecular complexity index is 845. The van der Waals surface area contributed by atoms with E-state index in [0.29, 0.717) is 26.2 Å². The summed E-state index contributed by atoms with van der Waals surface area (Å²) in [7, 11) is 0. The first-order valence-corrected chi connectivity index (χ1v) is 10.4. The Balaban J connectivity index is 1.66. The van der Waals surface area contributed by atoms with Gasteiger partial charge in [-0.2, -0.15) is 0 Å². The van der Waals surface area contributed by atoms with E-state index in [9.17, 15) is 4.79 Å². The highest BCUT2D eigenvalue weighted by atomic mass is 16.5. The van der Waals surface area contributed by atoms with Crippen molar-refractivity contribution < 1.29 is 19.0 Å². The maximum absolute atomic E-state index is 11.6. The fraction of sp³-hybridized carbons (Fsp3) is 0.269. The first-order chi connectivity index (χ1) is 14.7. The number of carbonyl (C=O) groups excluding carboxylic acids is 1. The van der Waals surface area contributed by atoms with E-state index >= 15 is 0 Å². The van der Waals surface area contributed by atoms with Gasteiger partial charge in [0.2, 0.25) is 0 Å². The first-order valence-electron chi connectivity index (χ1n) is 10.4. The van der Waals surface area contributed by atoms with Gasteiger partial charge < -0.3 is 14.2 Å². The van der Waals surface area contributed by atoms with Gasteiger partial charge in [0.05, 0.1) is 6.61 Å². The topological polar surface area (TPSA) is 44.8 Å². The smallest absolute Gasteiger partial charge is 0.305 e. The second-order valence-electron chi connectivity index (χ2n) is 7.02. The van der Waals surface area contributed by atoms with E-state index in [0.717, 1.165) is 41.0 Å². The number of hydrogen-bond acceptors (Lipinski definition) is 4. The van der Waals surface area contributed by atoms with Crippen molar-refractivity contribution in [2.45, 2.75) is 39.4 Å². The van der Waals surface area contributed by atoms with Crippen molar-refractivity contribution in [1.29, 1.82) is 0 Å². The predicted molar refractivity (Wildman–Crippen MR) is 118 cm³/mol. The molecule has 0 fully saturated rings. The minimum Gasteiger partial charge on any atom is -0.489 e. The van der Waals surface area contributed by atoms with Crippen LogP contribution in [0, 0.1) is 0 Å². The van der Waals surface area contributed by atoms with E-state index in [2.05, 4.69) is 0 Å². The average molecular weight is 405 g/mol. The van der Waals surface area contributed by atoms with Crippen LogP contribution < -0.4 is 9.47 Å². The first kappa shape index (κ1) is 21.4. The summed E-state index contributed by atoms with van der Waals surface area (Å²) in [6, 6.07) is 26.1. The van der Waals surface area contributed by atoms with Crippen molar-refractivity contribution in [3.63, 3.8) is 0 Å². The lowest BCUT2D eigenvalue weighted by Gasteiger charge is -2.13. The SMILES string of the molecule is CCOC(=O)CCCc1cc(OCc2ccccc2)cc(OCc2ccccc2)c1. The fourth-order valence-corrected chi connectivity index (χ4v) is 3.09. The standard InChI is InChI=1S/C26H28O4/c1-2-28-26(27)15-9-14-23-16-24(29-19-21-10-5-3-6-11-21)18-25(17-23)30-20-22-12-7-4-8-13-22/h3-8,10-13,16-18H,2,9,14-15,19-20H2,1H3. The molecular weight excluding hydrogens is 376 g/mol. The van der Waals surface area contributed by atoms with Crippen molar-refractivity contribution in [2.75, 3.05) is 6.61 Å². The number of ether oxygens (including phenoxy) is 3. The van der Waals surface area contributed by atoms with Crippen LogP contribution in [0.4, 0.5) is 0 Å². The molecule has 0 amide bonds. The van der Waals surface area contributed by atoms with Crippen molar-refractivity contribution in [2.24, 2.45) is 0 Å². The van der Waals surface area contributed by atoms with E-state index in [4.69, 9.17) is 14.2 Å². The Hall–Kier alpha value is -3.27. The van der Waals surface area contributed by atoms with Gasteiger partial charge in [-0.05, 0) is 48.6 Å². The summed E-state index contributed by atoms with van der Waals surface area (Å²) in [6.45, 7) is 3.22. The molecule has 0 aromatic heterocycles. The van der Waals surface area contributed by atoms with Gasteiger partial charge in [-0.3, -0.25) is 4.79 Å². The summed E-state index contributed by atoms with van der Waals surface area (Å²) < 4.78 is 17.1. The molecule has 30 heavy (non-hydrogen) atoms. The van der Waals surface area contributed by atoms with Crippen LogP contribution in [0.5, 0.6) is 11.5 Å². The zero-order valence-corrected chi connectivity index (χ0v) is 17.4. The summed E-state index contributed by atoms with van der Waals surface area (Å²) >= 11 is 0. The summed E-state index contributed by atoms with van der Waals surface area (Å²) in [5, 5.41) is 0. The maximum atomic E-state index is 11.6. The fourth-order valence-electron chi connectivity index (χ4n) is 3.09. The van der Waals surface area contributed by atoms with Crippen LogP contribution in [-0.2, 0) is 29.2 Å². The van der Waals surface area contributed by atoms with Crippen LogP contribution in [0.2, 0.25) is 0 Å². The van der Waals surface area contributed by atoms with Crippen molar-refractivity contribution in [3.05, 3.63) is 95.6 Å². The van der Waals surface area contributed by atoms with Crippen LogP contribution in [0.25, 0.3) is 0 Å². The second kappa shape index (κ2) is 11.7. The molecule has 0 unspecified atom stereocenters. The molecule has 0 aliphatic rings. The van der Waals surface area contributed by atoms with E-state index < -0.39 is 0 Å². The largest absolute Gasteiger partial charge is 0.489 e. The van der Waals surface area contributed by atoms with Gasteiger partial charge in [-0.1, -0.05) is 60.7 Å². The monoisotopic (exact) mass is 404 g/mol. The van der Waals surface area contributed by atoms with Crippen molar-refractivity contribution in [3.8, 4) is 11.5 Å². The second-order valence-corrected chi connectivity index (χ2v) is 7.02.